The maximum absolute atomic E-state index is 11.6. The van der Waals surface area contributed by atoms with Crippen LogP contribution in [0.2, 0.25) is 0 Å². The van der Waals surface area contributed by atoms with E-state index >= 15 is 0 Å². The molecule has 5 nitrogen and oxygen atoms in total. The summed E-state index contributed by atoms with van der Waals surface area (Å²) < 4.78 is 11.6. The van der Waals surface area contributed by atoms with E-state index in [9.17, 15) is 14.3 Å². The Hall–Kier alpha value is -0.380. The lowest BCUT2D eigenvalue weighted by Gasteiger charge is -2.23. The molecule has 0 aromatic heterocycles. The fraction of sp³-hybridized carbons (Fsp3) is 0.875. The first-order valence-corrected chi connectivity index (χ1v) is 6.39. The van der Waals surface area contributed by atoms with E-state index in [4.69, 9.17) is 10.8 Å². The summed E-state index contributed by atoms with van der Waals surface area (Å²) in [4.78, 5) is 20.0. The number of nitrogens with two attached hydrogens (primary N) is 1. The van der Waals surface area contributed by atoms with Gasteiger partial charge in [-0.3, -0.25) is 9.36 Å². The second-order valence-electron chi connectivity index (χ2n) is 3.91. The van der Waals surface area contributed by atoms with Crippen molar-refractivity contribution in [1.29, 1.82) is 0 Å². The van der Waals surface area contributed by atoms with Gasteiger partial charge in [-0.1, -0.05) is 20.8 Å². The van der Waals surface area contributed by atoms with Crippen LogP contribution in [0.5, 0.6) is 0 Å². The van der Waals surface area contributed by atoms with Gasteiger partial charge in [0.1, 0.15) is 0 Å². The largest absolute Gasteiger partial charge is 0.481 e. The zero-order valence-corrected chi connectivity index (χ0v) is 9.57. The molecule has 0 aliphatic carbocycles. The van der Waals surface area contributed by atoms with E-state index in [1.807, 2.05) is 0 Å². The summed E-state index contributed by atoms with van der Waals surface area (Å²) in [6.45, 7) is 4.87. The molecule has 0 radical (unpaired) electrons. The average Bonchev–Trinajstić information content (AvgIpc) is 2.01. The minimum atomic E-state index is -3.55. The molecule has 0 saturated carbocycles. The first kappa shape index (κ1) is 13.6. The highest BCUT2D eigenvalue weighted by Gasteiger charge is 2.33. The summed E-state index contributed by atoms with van der Waals surface area (Å²) in [5.74, 6) is -2.89. The van der Waals surface area contributed by atoms with E-state index in [0.717, 1.165) is 0 Å². The molecule has 6 heteroatoms. The molecule has 3 atom stereocenters. The Morgan fingerprint density at radius 2 is 1.86 bits per heavy atom. The Kier molecular flexibility index (Phi) is 4.78. The second kappa shape index (κ2) is 4.91. The van der Waals surface area contributed by atoms with Crippen molar-refractivity contribution in [3.8, 4) is 0 Å². The number of hydrogen-bond donors (Lipinski definition) is 3. The van der Waals surface area contributed by atoms with Gasteiger partial charge in [-0.15, -0.1) is 0 Å². The molecular formula is C8H18NO4P. The Labute approximate surface area is 83.8 Å². The molecule has 0 aromatic carbocycles. The molecule has 0 rings (SSSR count). The molecule has 0 bridgehead atoms. The van der Waals surface area contributed by atoms with Gasteiger partial charge in [0.2, 0.25) is 7.37 Å². The average molecular weight is 223 g/mol. The van der Waals surface area contributed by atoms with Crippen LogP contribution < -0.4 is 5.73 Å². The number of hydrogen-bond acceptors (Lipinski definition) is 3. The fourth-order valence-corrected chi connectivity index (χ4v) is 3.17. The van der Waals surface area contributed by atoms with Crippen molar-refractivity contribution in [1.82, 2.24) is 0 Å². The maximum atomic E-state index is 11.6. The Balaban J connectivity index is 4.49. The van der Waals surface area contributed by atoms with Crippen molar-refractivity contribution < 1.29 is 19.4 Å². The zero-order valence-electron chi connectivity index (χ0n) is 8.67. The van der Waals surface area contributed by atoms with Crippen molar-refractivity contribution in [2.24, 2.45) is 17.6 Å². The summed E-state index contributed by atoms with van der Waals surface area (Å²) in [6.07, 6.45) is -0.262. The predicted molar refractivity (Wildman–Crippen MR) is 54.3 cm³/mol. The number of carbonyl (C=O) groups is 1. The SMILES string of the molecule is CC(C)[C@@H](N)P(=O)(O)C[C@@H](C)C(=O)O. The first-order valence-electron chi connectivity index (χ1n) is 4.48. The maximum Gasteiger partial charge on any atom is 0.306 e. The predicted octanol–water partition coefficient (Wildman–Crippen LogP) is 0.918. The summed E-state index contributed by atoms with van der Waals surface area (Å²) in [7, 11) is -3.55. The molecular weight excluding hydrogens is 205 g/mol. The quantitative estimate of drug-likeness (QED) is 0.601. The lowest BCUT2D eigenvalue weighted by atomic mass is 10.2. The van der Waals surface area contributed by atoms with Gasteiger partial charge in [0.25, 0.3) is 0 Å². The van der Waals surface area contributed by atoms with Gasteiger partial charge in [0.15, 0.2) is 0 Å². The fourth-order valence-electron chi connectivity index (χ4n) is 1.06. The van der Waals surface area contributed by atoms with E-state index in [1.54, 1.807) is 13.8 Å². The number of rotatable bonds is 5. The first-order chi connectivity index (χ1) is 6.18. The molecule has 84 valence electrons. The third-order valence-corrected chi connectivity index (χ3v) is 4.70. The van der Waals surface area contributed by atoms with Crippen LogP contribution in [0.15, 0.2) is 0 Å². The molecule has 4 N–H and O–H groups in total. The van der Waals surface area contributed by atoms with Gasteiger partial charge in [0.05, 0.1) is 11.7 Å². The third kappa shape index (κ3) is 3.78. The number of carboxylic acid groups (broad SMARTS) is 1. The lowest BCUT2D eigenvalue weighted by Crippen LogP contribution is -2.29. The molecule has 1 unspecified atom stereocenters. The van der Waals surface area contributed by atoms with E-state index in [0.29, 0.717) is 0 Å². The summed E-state index contributed by atoms with van der Waals surface area (Å²) in [6, 6.07) is 0. The Morgan fingerprint density at radius 1 is 1.43 bits per heavy atom. The standard InChI is InChI=1S/C8H18NO4P/c1-5(2)7(9)14(12,13)4-6(3)8(10)11/h5-7H,4,9H2,1-3H3,(H,10,11)(H,12,13)/t6-,7+/m1/s1. The van der Waals surface area contributed by atoms with Crippen LogP contribution in [0.1, 0.15) is 20.8 Å². The van der Waals surface area contributed by atoms with Gasteiger partial charge in [-0.2, -0.15) is 0 Å². The van der Waals surface area contributed by atoms with E-state index in [1.165, 1.54) is 6.92 Å². The topological polar surface area (TPSA) is 101 Å². The highest BCUT2D eigenvalue weighted by atomic mass is 31.2. The van der Waals surface area contributed by atoms with E-state index in [2.05, 4.69) is 0 Å². The van der Waals surface area contributed by atoms with Crippen LogP contribution in [0, 0.1) is 11.8 Å². The third-order valence-electron chi connectivity index (χ3n) is 2.11. The summed E-state index contributed by atoms with van der Waals surface area (Å²) in [5, 5.41) is 8.59. The van der Waals surface area contributed by atoms with Gasteiger partial charge in [-0.05, 0) is 5.92 Å². The highest BCUT2D eigenvalue weighted by Crippen LogP contribution is 2.48. The Morgan fingerprint density at radius 3 is 2.14 bits per heavy atom. The summed E-state index contributed by atoms with van der Waals surface area (Å²) >= 11 is 0. The molecule has 0 aliphatic rings. The van der Waals surface area contributed by atoms with Crippen molar-refractivity contribution in [2.45, 2.75) is 26.6 Å². The molecule has 0 saturated heterocycles. The highest BCUT2D eigenvalue weighted by molar-refractivity contribution is 7.58. The normalized spacial score (nSPS) is 20.1. The van der Waals surface area contributed by atoms with Gasteiger partial charge in [0, 0.05) is 6.16 Å². The van der Waals surface area contributed by atoms with Crippen molar-refractivity contribution in [3.63, 3.8) is 0 Å². The molecule has 0 aliphatic heterocycles. The van der Waals surface area contributed by atoms with Gasteiger partial charge in [-0.25, -0.2) is 0 Å². The minimum Gasteiger partial charge on any atom is -0.481 e. The number of aliphatic carboxylic acids is 1. The molecule has 0 heterocycles. The van der Waals surface area contributed by atoms with Crippen molar-refractivity contribution in [3.05, 3.63) is 0 Å². The van der Waals surface area contributed by atoms with Crippen LogP contribution >= 0.6 is 7.37 Å². The number of carboxylic acids is 1. The molecule has 0 spiro atoms. The second-order valence-corrected chi connectivity index (χ2v) is 6.38. The molecule has 0 fully saturated rings. The monoisotopic (exact) mass is 223 g/mol. The van der Waals surface area contributed by atoms with Crippen LogP contribution in [0.25, 0.3) is 0 Å². The Bertz CT molecular complexity index is 254. The molecule has 0 amide bonds. The van der Waals surface area contributed by atoms with Crippen molar-refractivity contribution in [2.75, 3.05) is 6.16 Å². The van der Waals surface area contributed by atoms with Gasteiger partial charge >= 0.3 is 5.97 Å². The zero-order chi connectivity index (χ0) is 11.5. The minimum absolute atomic E-state index is 0.133. The van der Waals surface area contributed by atoms with E-state index in [-0.39, 0.29) is 12.1 Å². The molecule has 14 heavy (non-hydrogen) atoms. The summed E-state index contributed by atoms with van der Waals surface area (Å²) in [5.41, 5.74) is 5.54. The van der Waals surface area contributed by atoms with Gasteiger partial charge < -0.3 is 15.7 Å². The van der Waals surface area contributed by atoms with Crippen LogP contribution in [0.4, 0.5) is 0 Å². The van der Waals surface area contributed by atoms with Crippen LogP contribution in [0.3, 0.4) is 0 Å². The van der Waals surface area contributed by atoms with Crippen LogP contribution in [-0.2, 0) is 9.36 Å². The van der Waals surface area contributed by atoms with E-state index < -0.39 is 25.0 Å². The lowest BCUT2D eigenvalue weighted by molar-refractivity contribution is -0.140. The van der Waals surface area contributed by atoms with Crippen LogP contribution in [-0.4, -0.2) is 27.9 Å². The van der Waals surface area contributed by atoms with Crippen molar-refractivity contribution >= 4 is 13.3 Å². The molecule has 0 aromatic rings. The smallest absolute Gasteiger partial charge is 0.306 e.